The summed E-state index contributed by atoms with van der Waals surface area (Å²) in [7, 11) is 1.84. The molecule has 9 heteroatoms. The number of piperidine rings is 1. The highest BCUT2D eigenvalue weighted by Gasteiger charge is 2.50. The molecule has 230 valence electrons. The normalized spacial score (nSPS) is 24.7. The van der Waals surface area contributed by atoms with Crippen LogP contribution in [0.2, 0.25) is 10.0 Å². The SMILES string of the molecule is CN(C(=O)C1(c2ccc(F)cc2)CCCC1)[C@H]1CN(C(=O)C2CCN(C(=O)C3(C)CC3)CC2)C[C@@H]1c1ccc(Cl)c(Cl)c1. The third-order valence-corrected chi connectivity index (χ3v) is 11.4. The van der Waals surface area contributed by atoms with E-state index in [1.165, 1.54) is 12.1 Å². The van der Waals surface area contributed by atoms with Gasteiger partial charge in [-0.1, -0.05) is 61.2 Å². The van der Waals surface area contributed by atoms with Crippen molar-refractivity contribution in [1.29, 1.82) is 0 Å². The molecule has 0 unspecified atom stereocenters. The number of hydrogen-bond donors (Lipinski definition) is 0. The molecule has 43 heavy (non-hydrogen) atoms. The molecule has 2 atom stereocenters. The molecule has 2 saturated heterocycles. The number of amides is 3. The van der Waals surface area contributed by atoms with Crippen molar-refractivity contribution in [2.75, 3.05) is 33.2 Å². The van der Waals surface area contributed by atoms with E-state index in [1.807, 2.05) is 40.8 Å². The summed E-state index contributed by atoms with van der Waals surface area (Å²) in [5.41, 5.74) is 0.879. The van der Waals surface area contributed by atoms with Crippen molar-refractivity contribution in [3.8, 4) is 0 Å². The summed E-state index contributed by atoms with van der Waals surface area (Å²) in [6.45, 7) is 4.14. The molecule has 4 aliphatic rings. The Morgan fingerprint density at radius 3 is 2.14 bits per heavy atom. The van der Waals surface area contributed by atoms with Crippen LogP contribution in [-0.2, 0) is 19.8 Å². The Morgan fingerprint density at radius 2 is 1.53 bits per heavy atom. The zero-order chi connectivity index (χ0) is 30.5. The average molecular weight is 629 g/mol. The molecule has 0 bridgehead atoms. The van der Waals surface area contributed by atoms with Gasteiger partial charge in [0.2, 0.25) is 17.7 Å². The first kappa shape index (κ1) is 30.4. The number of halogens is 3. The van der Waals surface area contributed by atoms with E-state index in [9.17, 15) is 18.8 Å². The monoisotopic (exact) mass is 627 g/mol. The molecule has 0 spiro atoms. The van der Waals surface area contributed by atoms with Crippen molar-refractivity contribution in [2.24, 2.45) is 11.3 Å². The second-order valence-corrected chi connectivity index (χ2v) is 14.2. The predicted octanol–water partition coefficient (Wildman–Crippen LogP) is 6.44. The summed E-state index contributed by atoms with van der Waals surface area (Å²) in [5.74, 6) is -0.282. The maximum absolute atomic E-state index is 14.4. The van der Waals surface area contributed by atoms with Gasteiger partial charge in [-0.3, -0.25) is 14.4 Å². The molecule has 2 saturated carbocycles. The van der Waals surface area contributed by atoms with Gasteiger partial charge in [-0.05, 0) is 73.9 Å². The molecule has 3 amide bonds. The minimum atomic E-state index is -0.709. The van der Waals surface area contributed by atoms with Crippen LogP contribution in [0.1, 0.15) is 75.3 Å². The highest BCUT2D eigenvalue weighted by atomic mass is 35.5. The fraction of sp³-hybridized carbons (Fsp3) is 0.559. The molecule has 4 fully saturated rings. The molecular formula is C34H40Cl2FN3O3. The molecule has 0 aromatic heterocycles. The van der Waals surface area contributed by atoms with Gasteiger partial charge in [0.05, 0.1) is 21.5 Å². The van der Waals surface area contributed by atoms with Gasteiger partial charge in [-0.2, -0.15) is 0 Å². The van der Waals surface area contributed by atoms with Gasteiger partial charge in [-0.15, -0.1) is 0 Å². The van der Waals surface area contributed by atoms with Gasteiger partial charge in [0.15, 0.2) is 0 Å². The van der Waals surface area contributed by atoms with Crippen LogP contribution in [0.5, 0.6) is 0 Å². The Hall–Kier alpha value is -2.64. The van der Waals surface area contributed by atoms with E-state index in [0.29, 0.717) is 61.9 Å². The molecule has 2 aromatic rings. The lowest BCUT2D eigenvalue weighted by Crippen LogP contribution is -2.50. The van der Waals surface area contributed by atoms with E-state index in [4.69, 9.17) is 23.2 Å². The van der Waals surface area contributed by atoms with E-state index in [1.54, 1.807) is 18.2 Å². The van der Waals surface area contributed by atoms with E-state index in [-0.39, 0.29) is 46.8 Å². The van der Waals surface area contributed by atoms with Gasteiger partial charge >= 0.3 is 0 Å². The van der Waals surface area contributed by atoms with Crippen molar-refractivity contribution in [2.45, 2.75) is 75.7 Å². The molecule has 2 aromatic carbocycles. The molecular weight excluding hydrogens is 588 g/mol. The van der Waals surface area contributed by atoms with Gasteiger partial charge in [-0.25, -0.2) is 4.39 Å². The molecule has 2 heterocycles. The van der Waals surface area contributed by atoms with Gasteiger partial charge < -0.3 is 14.7 Å². The molecule has 2 aliphatic carbocycles. The van der Waals surface area contributed by atoms with Crippen LogP contribution in [-0.4, -0.2) is 71.7 Å². The highest BCUT2D eigenvalue weighted by Crippen LogP contribution is 2.47. The van der Waals surface area contributed by atoms with Crippen LogP contribution in [0.4, 0.5) is 4.39 Å². The molecule has 6 nitrogen and oxygen atoms in total. The number of benzene rings is 2. The lowest BCUT2D eigenvalue weighted by molar-refractivity contribution is -0.143. The minimum Gasteiger partial charge on any atom is -0.342 e. The lowest BCUT2D eigenvalue weighted by atomic mass is 9.77. The molecule has 0 radical (unpaired) electrons. The van der Waals surface area contributed by atoms with Crippen LogP contribution in [0.25, 0.3) is 0 Å². The fourth-order valence-electron chi connectivity index (χ4n) is 7.66. The van der Waals surface area contributed by atoms with Gasteiger partial charge in [0.25, 0.3) is 0 Å². The maximum Gasteiger partial charge on any atom is 0.233 e. The smallest absolute Gasteiger partial charge is 0.233 e. The first-order chi connectivity index (χ1) is 20.5. The highest BCUT2D eigenvalue weighted by molar-refractivity contribution is 6.42. The number of nitrogens with zero attached hydrogens (tertiary/aromatic N) is 3. The third-order valence-electron chi connectivity index (χ3n) is 10.7. The van der Waals surface area contributed by atoms with E-state index in [0.717, 1.165) is 36.8 Å². The summed E-state index contributed by atoms with van der Waals surface area (Å²) >= 11 is 12.7. The summed E-state index contributed by atoms with van der Waals surface area (Å²) < 4.78 is 13.8. The van der Waals surface area contributed by atoms with E-state index in [2.05, 4.69) is 0 Å². The summed E-state index contributed by atoms with van der Waals surface area (Å²) in [6.07, 6.45) is 6.50. The fourth-order valence-corrected chi connectivity index (χ4v) is 7.97. The van der Waals surface area contributed by atoms with E-state index < -0.39 is 5.41 Å². The van der Waals surface area contributed by atoms with Crippen LogP contribution >= 0.6 is 23.2 Å². The second-order valence-electron chi connectivity index (χ2n) is 13.4. The zero-order valence-corrected chi connectivity index (χ0v) is 26.5. The molecule has 0 N–H and O–H groups in total. The molecule has 2 aliphatic heterocycles. The van der Waals surface area contributed by atoms with Crippen molar-refractivity contribution >= 4 is 40.9 Å². The number of carbonyl (C=O) groups is 3. The zero-order valence-electron chi connectivity index (χ0n) is 25.0. The van der Waals surface area contributed by atoms with Crippen molar-refractivity contribution in [3.05, 3.63) is 69.5 Å². The molecule has 6 rings (SSSR count). The largest absolute Gasteiger partial charge is 0.342 e. The first-order valence-electron chi connectivity index (χ1n) is 15.6. The Labute approximate surface area is 263 Å². The summed E-state index contributed by atoms with van der Waals surface area (Å²) in [6, 6.07) is 11.6. The number of likely N-dealkylation sites (N-methyl/N-ethyl adjacent to an activating group) is 1. The van der Waals surface area contributed by atoms with Crippen molar-refractivity contribution in [3.63, 3.8) is 0 Å². The Kier molecular flexibility index (Phi) is 8.27. The Balaban J connectivity index is 1.23. The topological polar surface area (TPSA) is 60.9 Å². The average Bonchev–Trinajstić information content (AvgIpc) is 3.38. The van der Waals surface area contributed by atoms with E-state index >= 15 is 0 Å². The Bertz CT molecular complexity index is 1400. The number of rotatable bonds is 6. The van der Waals surface area contributed by atoms with Crippen LogP contribution in [0.15, 0.2) is 42.5 Å². The maximum atomic E-state index is 14.4. The quantitative estimate of drug-likeness (QED) is 0.370. The number of carbonyl (C=O) groups excluding carboxylic acids is 3. The van der Waals surface area contributed by atoms with Crippen LogP contribution in [0.3, 0.4) is 0 Å². The standard InChI is InChI=1S/C34H40Cl2FN3O3/c1-33(15-16-33)31(42)39-17-11-22(12-18-39)30(41)40-20-26(23-5-10-27(35)28(36)19-23)29(21-40)38(2)32(43)34(13-3-4-14-34)24-6-8-25(37)9-7-24/h5-10,19,22,26,29H,3-4,11-18,20-21H2,1-2H3/t26-,29+/m1/s1. The van der Waals surface area contributed by atoms with Crippen LogP contribution < -0.4 is 0 Å². The summed E-state index contributed by atoms with van der Waals surface area (Å²) in [4.78, 5) is 46.9. The summed E-state index contributed by atoms with van der Waals surface area (Å²) in [5, 5.41) is 0.900. The van der Waals surface area contributed by atoms with Crippen molar-refractivity contribution < 1.29 is 18.8 Å². The minimum absolute atomic E-state index is 0.0151. The third kappa shape index (κ3) is 5.68. The Morgan fingerprint density at radius 1 is 0.884 bits per heavy atom. The van der Waals surface area contributed by atoms with Crippen molar-refractivity contribution in [1.82, 2.24) is 14.7 Å². The number of hydrogen-bond acceptors (Lipinski definition) is 3. The predicted molar refractivity (Wildman–Crippen MR) is 166 cm³/mol. The van der Waals surface area contributed by atoms with Crippen LogP contribution in [0, 0.1) is 17.2 Å². The van der Waals surface area contributed by atoms with Gasteiger partial charge in [0, 0.05) is 50.5 Å². The lowest BCUT2D eigenvalue weighted by Gasteiger charge is -2.38. The second kappa shape index (κ2) is 11.7. The van der Waals surface area contributed by atoms with Gasteiger partial charge in [0.1, 0.15) is 5.82 Å². The number of likely N-dealkylation sites (tertiary alicyclic amines) is 2. The first-order valence-corrected chi connectivity index (χ1v) is 16.3.